The van der Waals surface area contributed by atoms with Gasteiger partial charge < -0.3 is 0 Å². The molecule has 95 valence electrons. The van der Waals surface area contributed by atoms with E-state index in [4.69, 9.17) is 4.98 Å². The average molecular weight is 322 g/mol. The van der Waals surface area contributed by atoms with Crippen LogP contribution < -0.4 is 5.46 Å². The first kappa shape index (κ1) is 12.0. The third-order valence-electron chi connectivity index (χ3n) is 3.71. The lowest BCUT2D eigenvalue weighted by atomic mass is 9.72. The van der Waals surface area contributed by atoms with Gasteiger partial charge in [-0.15, -0.1) is 0 Å². The highest BCUT2D eigenvalue weighted by Gasteiger charge is 2.10. The van der Waals surface area contributed by atoms with Crippen LogP contribution in [0.3, 0.4) is 0 Å². The van der Waals surface area contributed by atoms with Crippen molar-refractivity contribution in [1.82, 2.24) is 9.38 Å². The average Bonchev–Trinajstić information content (AvgIpc) is 2.84. The van der Waals surface area contributed by atoms with Gasteiger partial charge in [-0.1, -0.05) is 52.5 Å². The molecule has 4 rings (SSSR count). The van der Waals surface area contributed by atoms with E-state index in [2.05, 4.69) is 77.0 Å². The highest BCUT2D eigenvalue weighted by atomic mass is 79.9. The van der Waals surface area contributed by atoms with E-state index in [0.717, 1.165) is 21.2 Å². The number of fused-ring (bicyclic) bond motifs is 5. The van der Waals surface area contributed by atoms with Crippen LogP contribution >= 0.6 is 15.9 Å². The van der Waals surface area contributed by atoms with E-state index in [-0.39, 0.29) is 0 Å². The summed E-state index contributed by atoms with van der Waals surface area (Å²) in [4.78, 5) is 4.79. The monoisotopic (exact) mass is 321 g/mol. The lowest BCUT2D eigenvalue weighted by Gasteiger charge is -2.07. The lowest BCUT2D eigenvalue weighted by Crippen LogP contribution is -2.14. The van der Waals surface area contributed by atoms with E-state index in [0.29, 0.717) is 0 Å². The first-order valence-corrected chi connectivity index (χ1v) is 7.35. The predicted molar refractivity (Wildman–Crippen MR) is 89.2 cm³/mol. The molecule has 0 spiro atoms. The Morgan fingerprint density at radius 1 is 1.10 bits per heavy atom. The van der Waals surface area contributed by atoms with Gasteiger partial charge in [0.15, 0.2) is 7.28 Å². The third-order valence-corrected chi connectivity index (χ3v) is 4.20. The molecule has 0 aliphatic heterocycles. The molecule has 0 aliphatic rings. The van der Waals surface area contributed by atoms with E-state index in [1.807, 2.05) is 6.07 Å². The molecule has 0 saturated carbocycles. The summed E-state index contributed by atoms with van der Waals surface area (Å²) < 4.78 is 3.25. The standard InChI is InChI=1S/C16H11BBrN2/c1-17-13-9-20-15-8-10(18)6-7-14(15)19-16(20)12-5-3-2-4-11(12)13/h2-9H,1H3. The van der Waals surface area contributed by atoms with Crippen LogP contribution in [0.15, 0.2) is 53.1 Å². The zero-order valence-corrected chi connectivity index (χ0v) is 12.6. The Bertz CT molecular complexity index is 959. The van der Waals surface area contributed by atoms with Gasteiger partial charge in [-0.2, -0.15) is 0 Å². The Labute approximate surface area is 125 Å². The molecule has 4 aromatic rings. The lowest BCUT2D eigenvalue weighted by molar-refractivity contribution is 1.26. The highest BCUT2D eigenvalue weighted by Crippen LogP contribution is 2.25. The van der Waals surface area contributed by atoms with E-state index in [1.165, 1.54) is 16.2 Å². The molecule has 1 radical (unpaired) electrons. The summed E-state index contributed by atoms with van der Waals surface area (Å²) >= 11 is 3.54. The van der Waals surface area contributed by atoms with Crippen LogP contribution in [0.1, 0.15) is 0 Å². The fourth-order valence-corrected chi connectivity index (χ4v) is 3.10. The number of hydrogen-bond acceptors (Lipinski definition) is 1. The smallest absolute Gasteiger partial charge is 0.151 e. The molecule has 2 aromatic carbocycles. The molecule has 20 heavy (non-hydrogen) atoms. The Morgan fingerprint density at radius 3 is 2.70 bits per heavy atom. The molecule has 2 nitrogen and oxygen atoms in total. The van der Waals surface area contributed by atoms with Crippen LogP contribution in [-0.2, 0) is 0 Å². The van der Waals surface area contributed by atoms with Gasteiger partial charge in [-0.05, 0) is 23.6 Å². The molecular weight excluding hydrogens is 311 g/mol. The molecule has 0 fully saturated rings. The van der Waals surface area contributed by atoms with Crippen molar-refractivity contribution in [3.8, 4) is 0 Å². The normalized spacial score (nSPS) is 11.5. The topological polar surface area (TPSA) is 17.3 Å². The Morgan fingerprint density at radius 2 is 1.90 bits per heavy atom. The van der Waals surface area contributed by atoms with Crippen LogP contribution in [0, 0.1) is 0 Å². The minimum absolute atomic E-state index is 1.01. The van der Waals surface area contributed by atoms with Crippen LogP contribution in [0.25, 0.3) is 27.5 Å². The SMILES string of the molecule is C[B]c1cn2c3cc(Br)ccc3nc2c2ccccc12. The predicted octanol–water partition coefficient (Wildman–Crippen LogP) is 3.78. The quantitative estimate of drug-likeness (QED) is 0.488. The molecular formula is C16H11BBrN2. The summed E-state index contributed by atoms with van der Waals surface area (Å²) in [7, 11) is 2.14. The number of imidazole rings is 1. The van der Waals surface area contributed by atoms with Crippen LogP contribution in [0.2, 0.25) is 6.82 Å². The van der Waals surface area contributed by atoms with Crippen LogP contribution in [0.4, 0.5) is 0 Å². The minimum Gasteiger partial charge on any atom is -0.300 e. The fourth-order valence-electron chi connectivity index (χ4n) is 2.76. The Balaban J connectivity index is 2.29. The molecule has 0 N–H and O–H groups in total. The van der Waals surface area contributed by atoms with Gasteiger partial charge >= 0.3 is 0 Å². The maximum absolute atomic E-state index is 4.79. The first-order valence-electron chi connectivity index (χ1n) is 6.56. The maximum Gasteiger partial charge on any atom is 0.151 e. The zero-order valence-electron chi connectivity index (χ0n) is 11.0. The molecule has 0 amide bonds. The van der Waals surface area contributed by atoms with Crippen LogP contribution in [-0.4, -0.2) is 16.7 Å². The summed E-state index contributed by atoms with van der Waals surface area (Å²) in [5.74, 6) is 0. The second-order valence-corrected chi connectivity index (χ2v) is 5.77. The van der Waals surface area contributed by atoms with Crippen molar-refractivity contribution in [3.63, 3.8) is 0 Å². The maximum atomic E-state index is 4.79. The molecule has 2 aromatic heterocycles. The first-order chi connectivity index (χ1) is 9.78. The second-order valence-electron chi connectivity index (χ2n) is 4.86. The summed E-state index contributed by atoms with van der Waals surface area (Å²) in [6, 6.07) is 14.6. The van der Waals surface area contributed by atoms with Crippen molar-refractivity contribution in [2.45, 2.75) is 6.82 Å². The molecule has 2 heterocycles. The number of rotatable bonds is 1. The third kappa shape index (κ3) is 1.61. The summed E-state index contributed by atoms with van der Waals surface area (Å²) in [5, 5.41) is 2.44. The van der Waals surface area contributed by atoms with E-state index >= 15 is 0 Å². The molecule has 0 aliphatic carbocycles. The van der Waals surface area contributed by atoms with Crippen molar-refractivity contribution in [2.75, 3.05) is 0 Å². The van der Waals surface area contributed by atoms with Crippen molar-refractivity contribution in [2.24, 2.45) is 0 Å². The van der Waals surface area contributed by atoms with Gasteiger partial charge in [0.1, 0.15) is 5.65 Å². The van der Waals surface area contributed by atoms with Gasteiger partial charge in [-0.3, -0.25) is 4.40 Å². The number of nitrogens with zero attached hydrogens (tertiary/aromatic N) is 2. The molecule has 0 atom stereocenters. The van der Waals surface area contributed by atoms with Crippen LogP contribution in [0.5, 0.6) is 0 Å². The zero-order chi connectivity index (χ0) is 13.7. The highest BCUT2D eigenvalue weighted by molar-refractivity contribution is 9.10. The summed E-state index contributed by atoms with van der Waals surface area (Å²) in [5.41, 5.74) is 4.39. The van der Waals surface area contributed by atoms with Gasteiger partial charge in [0.25, 0.3) is 0 Å². The minimum atomic E-state index is 1.01. The van der Waals surface area contributed by atoms with E-state index in [9.17, 15) is 0 Å². The van der Waals surface area contributed by atoms with Crippen molar-refractivity contribution < 1.29 is 0 Å². The number of pyridine rings is 1. The van der Waals surface area contributed by atoms with Gasteiger partial charge in [-0.25, -0.2) is 4.98 Å². The number of halogens is 1. The Kier molecular flexibility index (Phi) is 2.61. The summed E-state index contributed by atoms with van der Waals surface area (Å²) in [6.45, 7) is 2.07. The number of hydrogen-bond donors (Lipinski definition) is 0. The summed E-state index contributed by atoms with van der Waals surface area (Å²) in [6.07, 6.45) is 2.17. The number of benzene rings is 2. The molecule has 0 unspecified atom stereocenters. The Hall–Kier alpha value is -1.81. The van der Waals surface area contributed by atoms with Crippen molar-refractivity contribution in [3.05, 3.63) is 53.1 Å². The number of aromatic nitrogens is 2. The van der Waals surface area contributed by atoms with E-state index < -0.39 is 0 Å². The van der Waals surface area contributed by atoms with Crippen molar-refractivity contribution in [1.29, 1.82) is 0 Å². The van der Waals surface area contributed by atoms with Gasteiger partial charge in [0, 0.05) is 16.1 Å². The largest absolute Gasteiger partial charge is 0.300 e. The van der Waals surface area contributed by atoms with Gasteiger partial charge in [0.2, 0.25) is 0 Å². The fraction of sp³-hybridized carbons (Fsp3) is 0.0625. The molecule has 0 saturated heterocycles. The second kappa shape index (κ2) is 4.35. The van der Waals surface area contributed by atoms with E-state index in [1.54, 1.807) is 0 Å². The molecule has 4 heteroatoms. The van der Waals surface area contributed by atoms with Gasteiger partial charge in [0.05, 0.1) is 11.0 Å². The molecule has 0 bridgehead atoms. The van der Waals surface area contributed by atoms with Crippen molar-refractivity contribution >= 4 is 56.1 Å².